The van der Waals surface area contributed by atoms with Crippen molar-refractivity contribution in [3.63, 3.8) is 0 Å². The fourth-order valence-corrected chi connectivity index (χ4v) is 2.99. The number of piperidine rings is 1. The molecule has 2 atom stereocenters. The minimum atomic E-state index is -0.506. The Kier molecular flexibility index (Phi) is 4.76. The predicted molar refractivity (Wildman–Crippen MR) is 81.4 cm³/mol. The highest BCUT2D eigenvalue weighted by Gasteiger charge is 2.29. The molecule has 7 nitrogen and oxygen atoms in total. The average molecular weight is 319 g/mol. The Morgan fingerprint density at radius 1 is 1.52 bits per heavy atom. The standard InChI is InChI=1S/C16H21N3O4/c1-11(20)12-5-2-3-9-19(12)15(21)8-7-14-17-16(18-23-14)13-6-4-10-22-13/h4,6,10-12,20H,2-3,5,7-9H2,1H3. The van der Waals surface area contributed by atoms with E-state index in [1.165, 1.54) is 0 Å². The molecule has 2 aromatic rings. The molecule has 0 saturated carbocycles. The summed E-state index contributed by atoms with van der Waals surface area (Å²) in [5, 5.41) is 13.7. The lowest BCUT2D eigenvalue weighted by Gasteiger charge is -2.37. The monoisotopic (exact) mass is 319 g/mol. The smallest absolute Gasteiger partial charge is 0.238 e. The van der Waals surface area contributed by atoms with E-state index in [9.17, 15) is 9.90 Å². The van der Waals surface area contributed by atoms with Crippen molar-refractivity contribution in [1.29, 1.82) is 0 Å². The van der Waals surface area contributed by atoms with Crippen molar-refractivity contribution in [2.75, 3.05) is 6.54 Å². The lowest BCUT2D eigenvalue weighted by molar-refractivity contribution is -0.137. The number of hydrogen-bond acceptors (Lipinski definition) is 6. The van der Waals surface area contributed by atoms with E-state index >= 15 is 0 Å². The number of carbonyl (C=O) groups is 1. The summed E-state index contributed by atoms with van der Waals surface area (Å²) in [6, 6.07) is 3.42. The molecule has 1 aliphatic rings. The van der Waals surface area contributed by atoms with E-state index in [0.29, 0.717) is 36.9 Å². The van der Waals surface area contributed by atoms with Gasteiger partial charge in [0.25, 0.3) is 0 Å². The molecule has 1 saturated heterocycles. The zero-order chi connectivity index (χ0) is 16.2. The second-order valence-corrected chi connectivity index (χ2v) is 5.88. The summed E-state index contributed by atoms with van der Waals surface area (Å²) >= 11 is 0. The first-order valence-electron chi connectivity index (χ1n) is 7.99. The first-order chi connectivity index (χ1) is 11.1. The predicted octanol–water partition coefficient (Wildman–Crippen LogP) is 2.02. The number of aryl methyl sites for hydroxylation is 1. The number of aliphatic hydroxyl groups is 1. The highest BCUT2D eigenvalue weighted by Crippen LogP contribution is 2.21. The summed E-state index contributed by atoms with van der Waals surface area (Å²) in [5.41, 5.74) is 0. The Bertz CT molecular complexity index is 636. The normalized spacial score (nSPS) is 19.7. The number of likely N-dealkylation sites (tertiary alicyclic amines) is 1. The van der Waals surface area contributed by atoms with Crippen LogP contribution < -0.4 is 0 Å². The molecule has 0 aromatic carbocycles. The molecule has 1 N–H and O–H groups in total. The van der Waals surface area contributed by atoms with Crippen molar-refractivity contribution in [1.82, 2.24) is 15.0 Å². The highest BCUT2D eigenvalue weighted by molar-refractivity contribution is 5.76. The van der Waals surface area contributed by atoms with Crippen LogP contribution in [0.5, 0.6) is 0 Å². The van der Waals surface area contributed by atoms with Crippen molar-refractivity contribution in [3.8, 4) is 11.6 Å². The van der Waals surface area contributed by atoms with E-state index in [0.717, 1.165) is 19.3 Å². The number of carbonyl (C=O) groups excluding carboxylic acids is 1. The summed E-state index contributed by atoms with van der Waals surface area (Å²) < 4.78 is 10.4. The molecule has 124 valence electrons. The van der Waals surface area contributed by atoms with Gasteiger partial charge in [-0.15, -0.1) is 0 Å². The maximum atomic E-state index is 12.4. The first-order valence-corrected chi connectivity index (χ1v) is 7.99. The maximum Gasteiger partial charge on any atom is 0.238 e. The molecule has 7 heteroatoms. The number of rotatable bonds is 5. The summed E-state index contributed by atoms with van der Waals surface area (Å²) in [7, 11) is 0. The van der Waals surface area contributed by atoms with Crippen LogP contribution in [0.4, 0.5) is 0 Å². The minimum absolute atomic E-state index is 0.0216. The van der Waals surface area contributed by atoms with Crippen LogP contribution in [-0.4, -0.2) is 44.7 Å². The van der Waals surface area contributed by atoms with Crippen LogP contribution in [0.1, 0.15) is 38.5 Å². The van der Waals surface area contributed by atoms with Crippen LogP contribution in [0.25, 0.3) is 11.6 Å². The SMILES string of the molecule is CC(O)C1CCCCN1C(=O)CCc1nc(-c2ccco2)no1. The molecule has 1 aliphatic heterocycles. The Hall–Kier alpha value is -2.15. The van der Waals surface area contributed by atoms with Gasteiger partial charge in [-0.25, -0.2) is 0 Å². The van der Waals surface area contributed by atoms with Crippen molar-refractivity contribution < 1.29 is 18.8 Å². The molecule has 2 unspecified atom stereocenters. The highest BCUT2D eigenvalue weighted by atomic mass is 16.5. The van der Waals surface area contributed by atoms with Gasteiger partial charge in [-0.05, 0) is 38.3 Å². The molecule has 2 aromatic heterocycles. The Balaban J connectivity index is 1.58. The third kappa shape index (κ3) is 3.61. The number of amides is 1. The second-order valence-electron chi connectivity index (χ2n) is 5.88. The largest absolute Gasteiger partial charge is 0.461 e. The van der Waals surface area contributed by atoms with Gasteiger partial charge in [-0.1, -0.05) is 5.16 Å². The zero-order valence-electron chi connectivity index (χ0n) is 13.1. The molecular formula is C16H21N3O4. The van der Waals surface area contributed by atoms with Crippen molar-refractivity contribution in [3.05, 3.63) is 24.3 Å². The van der Waals surface area contributed by atoms with Gasteiger partial charge in [-0.2, -0.15) is 4.98 Å². The molecule has 0 spiro atoms. The zero-order valence-corrected chi connectivity index (χ0v) is 13.1. The van der Waals surface area contributed by atoms with Crippen molar-refractivity contribution in [2.45, 2.75) is 51.2 Å². The van der Waals surface area contributed by atoms with Gasteiger partial charge in [0.1, 0.15) is 0 Å². The van der Waals surface area contributed by atoms with E-state index in [1.54, 1.807) is 30.2 Å². The van der Waals surface area contributed by atoms with Gasteiger partial charge >= 0.3 is 0 Å². The average Bonchev–Trinajstić information content (AvgIpc) is 3.23. The van der Waals surface area contributed by atoms with Gasteiger partial charge in [0.2, 0.25) is 17.6 Å². The molecule has 3 heterocycles. The maximum absolute atomic E-state index is 12.4. The van der Waals surface area contributed by atoms with Crippen LogP contribution >= 0.6 is 0 Å². The lowest BCUT2D eigenvalue weighted by Crippen LogP contribution is -2.49. The molecular weight excluding hydrogens is 298 g/mol. The van der Waals surface area contributed by atoms with Crippen molar-refractivity contribution >= 4 is 5.91 Å². The van der Waals surface area contributed by atoms with Crippen LogP contribution in [0.15, 0.2) is 27.3 Å². The van der Waals surface area contributed by atoms with Gasteiger partial charge in [0, 0.05) is 19.4 Å². The van der Waals surface area contributed by atoms with Crippen molar-refractivity contribution in [2.24, 2.45) is 0 Å². The van der Waals surface area contributed by atoms with Gasteiger partial charge < -0.3 is 18.9 Å². The van der Waals surface area contributed by atoms with E-state index < -0.39 is 6.10 Å². The summed E-state index contributed by atoms with van der Waals surface area (Å²) in [5.74, 6) is 1.36. The van der Waals surface area contributed by atoms with Crippen LogP contribution in [0.3, 0.4) is 0 Å². The molecule has 1 amide bonds. The number of nitrogens with zero attached hydrogens (tertiary/aromatic N) is 3. The number of aliphatic hydroxyl groups excluding tert-OH is 1. The summed E-state index contributed by atoms with van der Waals surface area (Å²) in [6.07, 6.45) is 4.61. The fraction of sp³-hybridized carbons (Fsp3) is 0.562. The Morgan fingerprint density at radius 3 is 3.13 bits per heavy atom. The third-order valence-corrected chi connectivity index (χ3v) is 4.19. The van der Waals surface area contributed by atoms with Gasteiger partial charge in [-0.3, -0.25) is 4.79 Å². The molecule has 0 radical (unpaired) electrons. The van der Waals surface area contributed by atoms with Crippen LogP contribution in [0, 0.1) is 0 Å². The van der Waals surface area contributed by atoms with E-state index in [4.69, 9.17) is 8.94 Å². The van der Waals surface area contributed by atoms with E-state index in [2.05, 4.69) is 10.1 Å². The van der Waals surface area contributed by atoms with E-state index in [1.807, 2.05) is 0 Å². The van der Waals surface area contributed by atoms with E-state index in [-0.39, 0.29) is 11.9 Å². The Morgan fingerprint density at radius 2 is 2.39 bits per heavy atom. The minimum Gasteiger partial charge on any atom is -0.461 e. The van der Waals surface area contributed by atoms with Gasteiger partial charge in [0.05, 0.1) is 18.4 Å². The quantitative estimate of drug-likeness (QED) is 0.906. The van der Waals surface area contributed by atoms with Gasteiger partial charge in [0.15, 0.2) is 5.76 Å². The fourth-order valence-electron chi connectivity index (χ4n) is 2.99. The first kappa shape index (κ1) is 15.7. The van der Waals surface area contributed by atoms with Crippen LogP contribution in [0.2, 0.25) is 0 Å². The molecule has 1 fully saturated rings. The molecule has 0 bridgehead atoms. The molecule has 23 heavy (non-hydrogen) atoms. The number of aromatic nitrogens is 2. The van der Waals surface area contributed by atoms with Crippen LogP contribution in [-0.2, 0) is 11.2 Å². The summed E-state index contributed by atoms with van der Waals surface area (Å²) in [4.78, 5) is 18.5. The second kappa shape index (κ2) is 6.95. The topological polar surface area (TPSA) is 92.6 Å². The third-order valence-electron chi connectivity index (χ3n) is 4.19. The molecule has 3 rings (SSSR count). The lowest BCUT2D eigenvalue weighted by atomic mass is 9.97. The summed E-state index contributed by atoms with van der Waals surface area (Å²) in [6.45, 7) is 2.44. The molecule has 0 aliphatic carbocycles. The number of hydrogen-bond donors (Lipinski definition) is 1. The Labute approximate surface area is 134 Å². The number of furan rings is 1.